The Morgan fingerprint density at radius 1 is 0.707 bits per heavy atom. The molecular formula is C41H49N9O8. The maximum Gasteiger partial charge on any atom is 0.407 e. The number of likely N-dealkylation sites (tertiary alicyclic amines) is 2. The maximum absolute atomic E-state index is 13.7. The van der Waals surface area contributed by atoms with Crippen molar-refractivity contribution >= 4 is 45.8 Å². The number of ether oxygens (including phenoxy) is 4. The van der Waals surface area contributed by atoms with Crippen LogP contribution in [0.5, 0.6) is 0 Å². The van der Waals surface area contributed by atoms with Gasteiger partial charge in [0.1, 0.15) is 23.7 Å². The fraction of sp³-hybridized carbons (Fsp3) is 0.439. The second-order valence-corrected chi connectivity index (χ2v) is 14.7. The lowest BCUT2D eigenvalue weighted by Gasteiger charge is -2.30. The number of carbonyl (C=O) groups is 4. The monoisotopic (exact) mass is 795 g/mol. The van der Waals surface area contributed by atoms with Gasteiger partial charge in [-0.25, -0.2) is 19.6 Å². The van der Waals surface area contributed by atoms with Crippen LogP contribution in [-0.4, -0.2) is 125 Å². The average Bonchev–Trinajstić information content (AvgIpc) is 4.09. The van der Waals surface area contributed by atoms with Gasteiger partial charge in [0.2, 0.25) is 11.8 Å². The average molecular weight is 796 g/mol. The van der Waals surface area contributed by atoms with Gasteiger partial charge in [0.05, 0.1) is 67.1 Å². The molecular weight excluding hydrogens is 747 g/mol. The number of hydrogen-bond donors (Lipinski definition) is 4. The molecule has 0 aliphatic carbocycles. The SMILES string of the molecule is COC(=O)NC(C(=O)N1CCCC1c1ncc(-c2ccc3cc(-c4ccc5nc(C6CCCN6C(=O)C(NC(=O)OC)C(C)OC)[nH]c5c4)ncc3c2)[nH]1)C(C)OC. The summed E-state index contributed by atoms with van der Waals surface area (Å²) >= 11 is 0. The summed E-state index contributed by atoms with van der Waals surface area (Å²) in [5.41, 5.74) is 5.01. The third kappa shape index (κ3) is 8.04. The van der Waals surface area contributed by atoms with E-state index in [0.29, 0.717) is 24.7 Å². The first kappa shape index (κ1) is 40.1. The van der Waals surface area contributed by atoms with E-state index >= 15 is 0 Å². The number of alkyl carbamates (subject to hydrolysis) is 2. The van der Waals surface area contributed by atoms with Crippen LogP contribution < -0.4 is 10.6 Å². The van der Waals surface area contributed by atoms with Gasteiger partial charge in [-0.1, -0.05) is 18.2 Å². The number of nitrogens with one attached hydrogen (secondary N) is 4. The van der Waals surface area contributed by atoms with Gasteiger partial charge in [-0.2, -0.15) is 0 Å². The number of imidazole rings is 2. The van der Waals surface area contributed by atoms with Gasteiger partial charge < -0.3 is 49.3 Å². The van der Waals surface area contributed by atoms with Crippen LogP contribution in [0.1, 0.15) is 63.3 Å². The molecule has 0 bridgehead atoms. The molecule has 306 valence electrons. The van der Waals surface area contributed by atoms with E-state index in [1.54, 1.807) is 29.8 Å². The number of H-pyrrole nitrogens is 2. The van der Waals surface area contributed by atoms with Gasteiger partial charge in [-0.15, -0.1) is 0 Å². The molecule has 3 aromatic heterocycles. The lowest BCUT2D eigenvalue weighted by atomic mass is 10.0. The molecule has 0 radical (unpaired) electrons. The van der Waals surface area contributed by atoms with E-state index in [1.807, 2.05) is 42.6 Å². The van der Waals surface area contributed by atoms with Crippen LogP contribution in [0.15, 0.2) is 54.9 Å². The van der Waals surface area contributed by atoms with Gasteiger partial charge in [-0.3, -0.25) is 14.6 Å². The molecule has 2 aliphatic rings. The van der Waals surface area contributed by atoms with Gasteiger partial charge in [0, 0.05) is 50.0 Å². The first-order valence-electron chi connectivity index (χ1n) is 19.3. The van der Waals surface area contributed by atoms with Gasteiger partial charge in [-0.05, 0) is 69.2 Å². The maximum atomic E-state index is 13.7. The van der Waals surface area contributed by atoms with Crippen molar-refractivity contribution in [1.29, 1.82) is 0 Å². The molecule has 58 heavy (non-hydrogen) atoms. The van der Waals surface area contributed by atoms with Crippen LogP contribution in [0.2, 0.25) is 0 Å². The van der Waals surface area contributed by atoms with Gasteiger partial charge in [0.15, 0.2) is 0 Å². The largest absolute Gasteiger partial charge is 0.453 e. The van der Waals surface area contributed by atoms with Crippen LogP contribution in [0.4, 0.5) is 9.59 Å². The lowest BCUT2D eigenvalue weighted by Crippen LogP contribution is -2.54. The van der Waals surface area contributed by atoms with Crippen molar-refractivity contribution in [2.24, 2.45) is 0 Å². The third-order valence-corrected chi connectivity index (χ3v) is 11.3. The Morgan fingerprint density at radius 3 is 1.91 bits per heavy atom. The highest BCUT2D eigenvalue weighted by Crippen LogP contribution is 2.35. The van der Waals surface area contributed by atoms with E-state index in [9.17, 15) is 19.2 Å². The zero-order valence-electron chi connectivity index (χ0n) is 33.4. The Bertz CT molecular complexity index is 2310. The predicted octanol–water partition coefficient (Wildman–Crippen LogP) is 5.01. The molecule has 4 N–H and O–H groups in total. The van der Waals surface area contributed by atoms with E-state index in [4.69, 9.17) is 28.9 Å². The normalized spacial score (nSPS) is 18.9. The fourth-order valence-electron chi connectivity index (χ4n) is 7.86. The number of amides is 4. The third-order valence-electron chi connectivity index (χ3n) is 11.3. The quantitative estimate of drug-likeness (QED) is 0.132. The first-order chi connectivity index (χ1) is 28.0. The van der Waals surface area contributed by atoms with Crippen molar-refractivity contribution in [3.05, 3.63) is 66.5 Å². The highest BCUT2D eigenvalue weighted by atomic mass is 16.5. The van der Waals surface area contributed by atoms with E-state index in [-0.39, 0.29) is 23.9 Å². The number of hydrogen-bond acceptors (Lipinski definition) is 11. The number of fused-ring (bicyclic) bond motifs is 2. The zero-order chi connectivity index (χ0) is 41.1. The molecule has 5 aromatic rings. The van der Waals surface area contributed by atoms with Crippen molar-refractivity contribution in [3.63, 3.8) is 0 Å². The van der Waals surface area contributed by atoms with E-state index in [0.717, 1.165) is 70.0 Å². The molecule has 5 heterocycles. The minimum atomic E-state index is -0.913. The van der Waals surface area contributed by atoms with Crippen LogP contribution in [0.25, 0.3) is 44.3 Å². The molecule has 7 rings (SSSR count). The number of carbonyl (C=O) groups excluding carboxylic acids is 4. The molecule has 17 nitrogen and oxygen atoms in total. The highest BCUT2D eigenvalue weighted by molar-refractivity contribution is 5.91. The van der Waals surface area contributed by atoms with Crippen molar-refractivity contribution in [2.45, 2.75) is 75.9 Å². The van der Waals surface area contributed by atoms with Crippen molar-refractivity contribution in [3.8, 4) is 22.5 Å². The van der Waals surface area contributed by atoms with E-state index in [1.165, 1.54) is 28.4 Å². The number of pyridine rings is 1. The van der Waals surface area contributed by atoms with Crippen molar-refractivity contribution in [1.82, 2.24) is 45.4 Å². The Morgan fingerprint density at radius 2 is 1.31 bits per heavy atom. The van der Waals surface area contributed by atoms with Crippen molar-refractivity contribution < 1.29 is 38.1 Å². The molecule has 17 heteroatoms. The topological polar surface area (TPSA) is 206 Å². The zero-order valence-corrected chi connectivity index (χ0v) is 33.4. The number of benzene rings is 2. The summed E-state index contributed by atoms with van der Waals surface area (Å²) < 4.78 is 20.3. The Hall–Kier alpha value is -6.07. The standard InChI is InChI=1S/C41H49N9O8/c1-22(55-3)34(47-40(53)57-5)38(51)49-15-7-9-32(49)36-43-21-31(46-36)25-12-11-24-18-29(42-20-27(24)17-25)26-13-14-28-30(19-26)45-37(44-28)33-10-8-16-50(33)39(52)35(23(2)56-4)48-41(54)58-6/h11-14,17-23,32-35H,7-10,15-16H2,1-6H3,(H,43,46)(H,44,45)(H,47,53)(H,48,54). The molecule has 6 atom stereocenters. The van der Waals surface area contributed by atoms with Crippen LogP contribution in [0.3, 0.4) is 0 Å². The predicted molar refractivity (Wildman–Crippen MR) is 213 cm³/mol. The summed E-state index contributed by atoms with van der Waals surface area (Å²) in [5.74, 6) is 0.824. The molecule has 2 fully saturated rings. The number of methoxy groups -OCH3 is 4. The molecule has 2 aromatic carbocycles. The van der Waals surface area contributed by atoms with Crippen LogP contribution in [-0.2, 0) is 28.5 Å². The number of nitrogens with zero attached hydrogens (tertiary/aromatic N) is 5. The molecule has 0 saturated carbocycles. The summed E-state index contributed by atoms with van der Waals surface area (Å²) in [4.78, 5) is 76.2. The van der Waals surface area contributed by atoms with Crippen LogP contribution in [0, 0.1) is 0 Å². The molecule has 6 unspecified atom stereocenters. The van der Waals surface area contributed by atoms with E-state index in [2.05, 4.69) is 31.7 Å². The fourth-order valence-corrected chi connectivity index (χ4v) is 7.86. The number of aromatic nitrogens is 5. The van der Waals surface area contributed by atoms with Crippen molar-refractivity contribution in [2.75, 3.05) is 41.5 Å². The Balaban J connectivity index is 1.07. The number of aromatic amines is 2. The Kier molecular flexibility index (Phi) is 11.9. The smallest absolute Gasteiger partial charge is 0.407 e. The molecule has 0 spiro atoms. The number of rotatable bonds is 12. The molecule has 2 aliphatic heterocycles. The second-order valence-electron chi connectivity index (χ2n) is 14.7. The molecule has 2 saturated heterocycles. The minimum absolute atomic E-state index is 0.259. The summed E-state index contributed by atoms with van der Waals surface area (Å²) in [6.07, 6.45) is 4.12. The summed E-state index contributed by atoms with van der Waals surface area (Å²) in [6.45, 7) is 4.51. The van der Waals surface area contributed by atoms with Gasteiger partial charge in [0.25, 0.3) is 0 Å². The minimum Gasteiger partial charge on any atom is -0.453 e. The Labute approximate surface area is 335 Å². The van der Waals surface area contributed by atoms with Crippen LogP contribution >= 0.6 is 0 Å². The lowest BCUT2D eigenvalue weighted by molar-refractivity contribution is -0.138. The van der Waals surface area contributed by atoms with E-state index < -0.39 is 36.5 Å². The van der Waals surface area contributed by atoms with Gasteiger partial charge >= 0.3 is 12.2 Å². The highest BCUT2D eigenvalue weighted by Gasteiger charge is 2.40. The summed E-state index contributed by atoms with van der Waals surface area (Å²) in [7, 11) is 5.50. The summed E-state index contributed by atoms with van der Waals surface area (Å²) in [6, 6.07) is 11.7. The second kappa shape index (κ2) is 17.2. The summed E-state index contributed by atoms with van der Waals surface area (Å²) in [5, 5.41) is 7.19. The molecule has 4 amide bonds. The first-order valence-corrected chi connectivity index (χ1v) is 19.3.